The SMILES string of the molecule is CC(C)(C)SCCNC(=O)C1CC2CCCC(C1)C2N.Cl. The van der Waals surface area contributed by atoms with Gasteiger partial charge in [0.05, 0.1) is 0 Å². The number of nitrogens with one attached hydrogen (secondary N) is 1. The number of halogens is 1. The van der Waals surface area contributed by atoms with Gasteiger partial charge in [-0.2, -0.15) is 11.8 Å². The number of fused-ring (bicyclic) bond motifs is 2. The van der Waals surface area contributed by atoms with Gasteiger partial charge < -0.3 is 11.1 Å². The van der Waals surface area contributed by atoms with E-state index < -0.39 is 0 Å². The molecule has 2 unspecified atom stereocenters. The normalized spacial score (nSPS) is 32.2. The molecule has 3 N–H and O–H groups in total. The van der Waals surface area contributed by atoms with Gasteiger partial charge in [-0.25, -0.2) is 0 Å². The van der Waals surface area contributed by atoms with E-state index in [-0.39, 0.29) is 29.0 Å². The highest BCUT2D eigenvalue weighted by Crippen LogP contribution is 2.41. The Morgan fingerprint density at radius 2 is 1.81 bits per heavy atom. The molecule has 21 heavy (non-hydrogen) atoms. The molecular formula is C16H31ClN2OS. The van der Waals surface area contributed by atoms with Crippen LogP contribution in [0.5, 0.6) is 0 Å². The van der Waals surface area contributed by atoms with Gasteiger partial charge >= 0.3 is 0 Å². The largest absolute Gasteiger partial charge is 0.355 e. The average molecular weight is 335 g/mol. The monoisotopic (exact) mass is 334 g/mol. The highest BCUT2D eigenvalue weighted by molar-refractivity contribution is 8.00. The van der Waals surface area contributed by atoms with Gasteiger partial charge in [0.1, 0.15) is 0 Å². The van der Waals surface area contributed by atoms with Crippen LogP contribution in [0.15, 0.2) is 0 Å². The molecule has 0 aromatic rings. The van der Waals surface area contributed by atoms with E-state index in [2.05, 4.69) is 26.1 Å². The second-order valence-electron chi connectivity index (χ2n) is 7.45. The third-order valence-electron chi connectivity index (χ3n) is 4.72. The zero-order valence-corrected chi connectivity index (χ0v) is 15.2. The van der Waals surface area contributed by atoms with Crippen molar-refractivity contribution in [1.29, 1.82) is 0 Å². The van der Waals surface area contributed by atoms with Gasteiger partial charge in [-0.1, -0.05) is 27.2 Å². The molecule has 1 amide bonds. The number of carbonyl (C=O) groups excluding carboxylic acids is 1. The van der Waals surface area contributed by atoms with Gasteiger partial charge in [0.15, 0.2) is 0 Å². The molecule has 2 atom stereocenters. The maximum Gasteiger partial charge on any atom is 0.223 e. The first kappa shape index (κ1) is 19.1. The third kappa shape index (κ3) is 5.65. The number of hydrogen-bond acceptors (Lipinski definition) is 3. The standard InChI is InChI=1S/C16H30N2OS.ClH/c1-16(2,3)20-8-7-18-15(19)13-9-11-5-4-6-12(10-13)14(11)17;/h11-14H,4-10,17H2,1-3H3,(H,18,19);1H. The molecule has 0 saturated heterocycles. The van der Waals surface area contributed by atoms with Crippen LogP contribution in [-0.2, 0) is 4.79 Å². The van der Waals surface area contributed by atoms with Crippen molar-refractivity contribution in [3.8, 4) is 0 Å². The lowest BCUT2D eigenvalue weighted by molar-refractivity contribution is -0.127. The Balaban J connectivity index is 0.00000220. The Labute approximate surface area is 140 Å². The van der Waals surface area contributed by atoms with E-state index in [4.69, 9.17) is 5.73 Å². The van der Waals surface area contributed by atoms with Crippen LogP contribution in [0.4, 0.5) is 0 Å². The fraction of sp³-hybridized carbons (Fsp3) is 0.938. The zero-order chi connectivity index (χ0) is 14.8. The molecule has 5 heteroatoms. The second kappa shape index (κ2) is 8.07. The van der Waals surface area contributed by atoms with Gasteiger partial charge in [-0.3, -0.25) is 4.79 Å². The molecule has 2 saturated carbocycles. The molecule has 2 aliphatic rings. The van der Waals surface area contributed by atoms with E-state index >= 15 is 0 Å². The summed E-state index contributed by atoms with van der Waals surface area (Å²) >= 11 is 1.90. The topological polar surface area (TPSA) is 55.1 Å². The van der Waals surface area contributed by atoms with Gasteiger partial charge in [0.25, 0.3) is 0 Å². The molecule has 124 valence electrons. The number of rotatable bonds is 4. The predicted molar refractivity (Wildman–Crippen MR) is 94.0 cm³/mol. The van der Waals surface area contributed by atoms with Crippen molar-refractivity contribution in [3.63, 3.8) is 0 Å². The van der Waals surface area contributed by atoms with Crippen LogP contribution < -0.4 is 11.1 Å². The Morgan fingerprint density at radius 3 is 2.33 bits per heavy atom. The molecule has 2 bridgehead atoms. The molecule has 0 radical (unpaired) electrons. The predicted octanol–water partition coefficient (Wildman–Crippen LogP) is 3.21. The number of carbonyl (C=O) groups is 1. The van der Waals surface area contributed by atoms with Crippen molar-refractivity contribution in [3.05, 3.63) is 0 Å². The van der Waals surface area contributed by atoms with E-state index in [0.717, 1.165) is 25.1 Å². The molecule has 0 aliphatic heterocycles. The lowest BCUT2D eigenvalue weighted by atomic mass is 9.65. The van der Waals surface area contributed by atoms with E-state index in [1.807, 2.05) is 11.8 Å². The van der Waals surface area contributed by atoms with Gasteiger partial charge in [0.2, 0.25) is 5.91 Å². The summed E-state index contributed by atoms with van der Waals surface area (Å²) in [4.78, 5) is 12.3. The minimum atomic E-state index is 0. The summed E-state index contributed by atoms with van der Waals surface area (Å²) in [7, 11) is 0. The van der Waals surface area contributed by atoms with Crippen molar-refractivity contribution in [1.82, 2.24) is 5.32 Å². The molecule has 0 aromatic heterocycles. The summed E-state index contributed by atoms with van der Waals surface area (Å²) in [6.45, 7) is 7.42. The smallest absolute Gasteiger partial charge is 0.223 e. The van der Waals surface area contributed by atoms with Crippen molar-refractivity contribution < 1.29 is 4.79 Å². The molecule has 2 aliphatic carbocycles. The summed E-state index contributed by atoms with van der Waals surface area (Å²) in [6.07, 6.45) is 5.77. The Hall–Kier alpha value is 0.0700. The highest BCUT2D eigenvalue weighted by atomic mass is 35.5. The minimum absolute atomic E-state index is 0. The van der Waals surface area contributed by atoms with Crippen LogP contribution in [0.25, 0.3) is 0 Å². The molecule has 0 aromatic carbocycles. The molecule has 0 spiro atoms. The molecule has 2 fully saturated rings. The first-order valence-electron chi connectivity index (χ1n) is 8.04. The van der Waals surface area contributed by atoms with Crippen molar-refractivity contribution >= 4 is 30.1 Å². The fourth-order valence-corrected chi connectivity index (χ4v) is 4.50. The second-order valence-corrected chi connectivity index (χ2v) is 9.37. The summed E-state index contributed by atoms with van der Waals surface area (Å²) < 4.78 is 0.277. The Kier molecular flexibility index (Phi) is 7.35. The fourth-order valence-electron chi connectivity index (χ4n) is 3.68. The minimum Gasteiger partial charge on any atom is -0.355 e. The third-order valence-corrected chi connectivity index (χ3v) is 5.99. The highest BCUT2D eigenvalue weighted by Gasteiger charge is 2.40. The first-order valence-corrected chi connectivity index (χ1v) is 9.02. The summed E-state index contributed by atoms with van der Waals surface area (Å²) in [5.74, 6) is 2.64. The van der Waals surface area contributed by atoms with Crippen LogP contribution in [0, 0.1) is 17.8 Å². The van der Waals surface area contributed by atoms with E-state index in [0.29, 0.717) is 17.9 Å². The molecule has 0 heterocycles. The molecule has 3 nitrogen and oxygen atoms in total. The lowest BCUT2D eigenvalue weighted by Gasteiger charge is -2.43. The Bertz CT molecular complexity index is 332. The van der Waals surface area contributed by atoms with Gasteiger partial charge in [-0.05, 0) is 37.5 Å². The van der Waals surface area contributed by atoms with Crippen LogP contribution >= 0.6 is 24.2 Å². The Morgan fingerprint density at radius 1 is 1.24 bits per heavy atom. The van der Waals surface area contributed by atoms with Crippen LogP contribution in [0.2, 0.25) is 0 Å². The molecular weight excluding hydrogens is 304 g/mol. The summed E-state index contributed by atoms with van der Waals surface area (Å²) in [6, 6.07) is 0.351. The van der Waals surface area contributed by atoms with E-state index in [9.17, 15) is 4.79 Å². The number of amides is 1. The van der Waals surface area contributed by atoms with Crippen molar-refractivity contribution in [2.75, 3.05) is 12.3 Å². The summed E-state index contributed by atoms with van der Waals surface area (Å²) in [5.41, 5.74) is 6.28. The number of thioether (sulfide) groups is 1. The van der Waals surface area contributed by atoms with Gasteiger partial charge in [-0.15, -0.1) is 12.4 Å². The quantitative estimate of drug-likeness (QED) is 0.776. The average Bonchev–Trinajstić information content (AvgIpc) is 2.33. The molecule has 2 rings (SSSR count). The maximum atomic E-state index is 12.3. The lowest BCUT2D eigenvalue weighted by Crippen LogP contribution is -2.49. The first-order chi connectivity index (χ1) is 9.37. The van der Waals surface area contributed by atoms with Crippen LogP contribution in [-0.4, -0.2) is 29.0 Å². The van der Waals surface area contributed by atoms with Crippen molar-refractivity contribution in [2.45, 2.75) is 63.7 Å². The number of hydrogen-bond donors (Lipinski definition) is 2. The number of nitrogens with two attached hydrogens (primary N) is 1. The maximum absolute atomic E-state index is 12.3. The summed E-state index contributed by atoms with van der Waals surface area (Å²) in [5, 5.41) is 3.13. The van der Waals surface area contributed by atoms with E-state index in [1.54, 1.807) is 0 Å². The van der Waals surface area contributed by atoms with Crippen molar-refractivity contribution in [2.24, 2.45) is 23.5 Å². The van der Waals surface area contributed by atoms with Crippen LogP contribution in [0.3, 0.4) is 0 Å². The van der Waals surface area contributed by atoms with Gasteiger partial charge in [0, 0.05) is 29.0 Å². The van der Waals surface area contributed by atoms with E-state index in [1.165, 1.54) is 19.3 Å². The van der Waals surface area contributed by atoms with Crippen LogP contribution in [0.1, 0.15) is 52.9 Å². The zero-order valence-electron chi connectivity index (χ0n) is 13.6.